The third kappa shape index (κ3) is 2.09. The highest BCUT2D eigenvalue weighted by Gasteiger charge is 2.10. The van der Waals surface area contributed by atoms with Crippen molar-refractivity contribution in [2.75, 3.05) is 0 Å². The smallest absolute Gasteiger partial charge is 0.177 e. The van der Waals surface area contributed by atoms with Crippen molar-refractivity contribution in [2.24, 2.45) is 0 Å². The summed E-state index contributed by atoms with van der Waals surface area (Å²) in [5.74, 6) is 0. The maximum atomic E-state index is 5.29. The van der Waals surface area contributed by atoms with Crippen LogP contribution in [0.25, 0.3) is 0 Å². The van der Waals surface area contributed by atoms with E-state index in [-0.39, 0.29) is 0 Å². The molecule has 0 aliphatic heterocycles. The summed E-state index contributed by atoms with van der Waals surface area (Å²) < 4.78 is 4.88. The molecule has 0 bridgehead atoms. The molecular weight excluding hydrogens is 220 g/mol. The molecule has 0 aliphatic carbocycles. The van der Waals surface area contributed by atoms with E-state index in [0.717, 1.165) is 17.7 Å². The average Bonchev–Trinajstić information content (AvgIpc) is 2.87. The van der Waals surface area contributed by atoms with Crippen LogP contribution in [-0.4, -0.2) is 19.3 Å². The summed E-state index contributed by atoms with van der Waals surface area (Å²) in [5.41, 5.74) is 1.24. The van der Waals surface area contributed by atoms with Crippen molar-refractivity contribution in [2.45, 2.75) is 32.9 Å². The summed E-state index contributed by atoms with van der Waals surface area (Å²) in [6, 6.07) is 2.25. The topological polar surface area (TPSA) is 38.5 Å². The van der Waals surface area contributed by atoms with E-state index < -0.39 is 0 Å². The van der Waals surface area contributed by atoms with Gasteiger partial charge in [0.15, 0.2) is 4.77 Å². The number of hydrogen-bond donors (Lipinski definition) is 1. The average molecular weight is 236 g/mol. The van der Waals surface area contributed by atoms with Crippen LogP contribution in [0.5, 0.6) is 0 Å². The quantitative estimate of drug-likeness (QED) is 0.829. The summed E-state index contributed by atoms with van der Waals surface area (Å²) in [6.07, 6.45) is 6.74. The highest BCUT2D eigenvalue weighted by atomic mass is 32.1. The van der Waals surface area contributed by atoms with Gasteiger partial charge in [-0.2, -0.15) is 5.10 Å². The zero-order chi connectivity index (χ0) is 11.5. The van der Waals surface area contributed by atoms with Crippen LogP contribution in [-0.2, 0) is 13.0 Å². The second-order valence-electron chi connectivity index (χ2n) is 3.89. The monoisotopic (exact) mass is 236 g/mol. The van der Waals surface area contributed by atoms with Gasteiger partial charge in [0, 0.05) is 24.3 Å². The summed E-state index contributed by atoms with van der Waals surface area (Å²) in [7, 11) is 0. The molecular formula is C11H16N4S. The van der Waals surface area contributed by atoms with E-state index >= 15 is 0 Å². The van der Waals surface area contributed by atoms with Crippen LogP contribution >= 0.6 is 12.2 Å². The first-order valence-electron chi connectivity index (χ1n) is 5.48. The van der Waals surface area contributed by atoms with Crippen LogP contribution in [0.1, 0.15) is 25.6 Å². The molecule has 0 aromatic carbocycles. The maximum absolute atomic E-state index is 5.29. The standard InChI is InChI=1S/C11H16N4S/c1-3-10-7-12-11(16)15(10)9(2)8-14-6-4-5-13-14/h4-7,9H,3,8H2,1-2H3,(H,12,16). The van der Waals surface area contributed by atoms with Crippen LogP contribution in [0.3, 0.4) is 0 Å². The number of aryl methyl sites for hydroxylation is 1. The third-order valence-electron chi connectivity index (χ3n) is 2.70. The summed E-state index contributed by atoms with van der Waals surface area (Å²) in [5, 5.41) is 4.21. The van der Waals surface area contributed by atoms with E-state index in [4.69, 9.17) is 12.2 Å². The highest BCUT2D eigenvalue weighted by molar-refractivity contribution is 7.71. The number of nitrogens with one attached hydrogen (secondary N) is 1. The molecule has 4 nitrogen and oxygen atoms in total. The Kier molecular flexibility index (Phi) is 3.24. The third-order valence-corrected chi connectivity index (χ3v) is 3.02. The molecule has 0 amide bonds. The normalized spacial score (nSPS) is 12.9. The molecule has 0 radical (unpaired) electrons. The molecule has 16 heavy (non-hydrogen) atoms. The molecule has 2 heterocycles. The Balaban J connectivity index is 2.23. The first kappa shape index (κ1) is 11.1. The Labute approximate surface area is 99.9 Å². The maximum Gasteiger partial charge on any atom is 0.177 e. The molecule has 2 rings (SSSR count). The molecule has 2 aromatic rings. The fraction of sp³-hybridized carbons (Fsp3) is 0.455. The second-order valence-corrected chi connectivity index (χ2v) is 4.27. The Morgan fingerprint density at radius 1 is 1.56 bits per heavy atom. The minimum absolute atomic E-state index is 0.314. The van der Waals surface area contributed by atoms with Gasteiger partial charge in [0.1, 0.15) is 0 Å². The number of imidazole rings is 1. The van der Waals surface area contributed by atoms with E-state index in [0.29, 0.717) is 6.04 Å². The largest absolute Gasteiger partial charge is 0.337 e. The Morgan fingerprint density at radius 3 is 3.00 bits per heavy atom. The fourth-order valence-corrected chi connectivity index (χ4v) is 2.29. The van der Waals surface area contributed by atoms with E-state index in [1.165, 1.54) is 5.69 Å². The molecule has 0 fully saturated rings. The number of rotatable bonds is 4. The van der Waals surface area contributed by atoms with Gasteiger partial charge in [-0.05, 0) is 31.6 Å². The number of hydrogen-bond acceptors (Lipinski definition) is 2. The SMILES string of the molecule is CCc1c[nH]c(=S)n1C(C)Cn1cccn1. The zero-order valence-corrected chi connectivity index (χ0v) is 10.4. The Hall–Kier alpha value is -1.36. The Morgan fingerprint density at radius 2 is 2.38 bits per heavy atom. The van der Waals surface area contributed by atoms with Crippen molar-refractivity contribution in [1.29, 1.82) is 0 Å². The van der Waals surface area contributed by atoms with Crippen LogP contribution < -0.4 is 0 Å². The molecule has 0 spiro atoms. The summed E-state index contributed by atoms with van der Waals surface area (Å²) in [6.45, 7) is 5.13. The van der Waals surface area contributed by atoms with Gasteiger partial charge < -0.3 is 9.55 Å². The molecule has 0 saturated carbocycles. The summed E-state index contributed by atoms with van der Waals surface area (Å²) in [4.78, 5) is 3.10. The van der Waals surface area contributed by atoms with Gasteiger partial charge in [0.05, 0.1) is 12.6 Å². The number of aromatic nitrogens is 4. The minimum atomic E-state index is 0.314. The number of aromatic amines is 1. The molecule has 1 atom stereocenters. The van der Waals surface area contributed by atoms with E-state index in [2.05, 4.69) is 28.5 Å². The predicted molar refractivity (Wildman–Crippen MR) is 65.9 cm³/mol. The molecule has 5 heteroatoms. The van der Waals surface area contributed by atoms with Crippen LogP contribution in [0.2, 0.25) is 0 Å². The lowest BCUT2D eigenvalue weighted by atomic mass is 10.3. The lowest BCUT2D eigenvalue weighted by Gasteiger charge is -2.16. The van der Waals surface area contributed by atoms with Crippen molar-refractivity contribution in [1.82, 2.24) is 19.3 Å². The van der Waals surface area contributed by atoms with Gasteiger partial charge in [-0.1, -0.05) is 6.92 Å². The second kappa shape index (κ2) is 4.65. The van der Waals surface area contributed by atoms with Crippen molar-refractivity contribution >= 4 is 12.2 Å². The number of nitrogens with zero attached hydrogens (tertiary/aromatic N) is 3. The highest BCUT2D eigenvalue weighted by Crippen LogP contribution is 2.13. The Bertz CT molecular complexity index is 494. The van der Waals surface area contributed by atoms with Crippen LogP contribution in [0, 0.1) is 4.77 Å². The molecule has 1 unspecified atom stereocenters. The van der Waals surface area contributed by atoms with Crippen molar-refractivity contribution in [3.8, 4) is 0 Å². The van der Waals surface area contributed by atoms with Crippen molar-refractivity contribution in [3.05, 3.63) is 35.1 Å². The van der Waals surface area contributed by atoms with Gasteiger partial charge in [-0.15, -0.1) is 0 Å². The molecule has 86 valence electrons. The van der Waals surface area contributed by atoms with Gasteiger partial charge >= 0.3 is 0 Å². The van der Waals surface area contributed by atoms with Gasteiger partial charge in [0.2, 0.25) is 0 Å². The predicted octanol–water partition coefficient (Wildman–Crippen LogP) is 2.57. The fourth-order valence-electron chi connectivity index (χ4n) is 1.93. The van der Waals surface area contributed by atoms with Gasteiger partial charge in [-0.3, -0.25) is 4.68 Å². The molecule has 2 aromatic heterocycles. The van der Waals surface area contributed by atoms with E-state index in [9.17, 15) is 0 Å². The van der Waals surface area contributed by atoms with Gasteiger partial charge in [0.25, 0.3) is 0 Å². The van der Waals surface area contributed by atoms with Gasteiger partial charge in [-0.25, -0.2) is 0 Å². The van der Waals surface area contributed by atoms with E-state index in [1.54, 1.807) is 6.20 Å². The molecule has 0 aliphatic rings. The summed E-state index contributed by atoms with van der Waals surface area (Å²) >= 11 is 5.29. The van der Waals surface area contributed by atoms with Crippen molar-refractivity contribution in [3.63, 3.8) is 0 Å². The first-order valence-corrected chi connectivity index (χ1v) is 5.89. The first-order chi connectivity index (χ1) is 7.72. The van der Waals surface area contributed by atoms with E-state index in [1.807, 2.05) is 23.1 Å². The number of H-pyrrole nitrogens is 1. The van der Waals surface area contributed by atoms with Crippen LogP contribution in [0.4, 0.5) is 0 Å². The van der Waals surface area contributed by atoms with Crippen molar-refractivity contribution < 1.29 is 0 Å². The lowest BCUT2D eigenvalue weighted by molar-refractivity contribution is 0.425. The lowest BCUT2D eigenvalue weighted by Crippen LogP contribution is -2.15. The minimum Gasteiger partial charge on any atom is -0.337 e. The van der Waals surface area contributed by atoms with Crippen LogP contribution in [0.15, 0.2) is 24.7 Å². The zero-order valence-electron chi connectivity index (χ0n) is 9.55. The molecule has 1 N–H and O–H groups in total. The molecule has 0 saturated heterocycles.